The molecule has 0 unspecified atom stereocenters. The predicted octanol–water partition coefficient (Wildman–Crippen LogP) is 2.11. The summed E-state index contributed by atoms with van der Waals surface area (Å²) < 4.78 is 34.3. The SMILES string of the molecule is Cc1nc2ccc(-c3ccn4nc(N)nc(NC5COC5)c34)nc2n1CC(F)F. The lowest BCUT2D eigenvalue weighted by atomic mass is 10.1. The molecule has 0 bridgehead atoms. The molecule has 1 aliphatic heterocycles. The minimum absolute atomic E-state index is 0.136. The summed E-state index contributed by atoms with van der Waals surface area (Å²) in [5.41, 5.74) is 8.90. The highest BCUT2D eigenvalue weighted by Gasteiger charge is 2.22. The summed E-state index contributed by atoms with van der Waals surface area (Å²) in [6.45, 7) is 2.41. The minimum atomic E-state index is -2.50. The molecule has 5 heterocycles. The molecule has 0 saturated carbocycles. The van der Waals surface area contributed by atoms with Crippen molar-refractivity contribution in [3.05, 3.63) is 30.2 Å². The van der Waals surface area contributed by atoms with Gasteiger partial charge in [0.05, 0.1) is 31.5 Å². The number of rotatable bonds is 5. The Labute approximate surface area is 163 Å². The number of nitrogens with two attached hydrogens (primary N) is 1. The number of anilines is 2. The molecule has 4 aromatic rings. The van der Waals surface area contributed by atoms with Gasteiger partial charge >= 0.3 is 0 Å². The molecule has 150 valence electrons. The van der Waals surface area contributed by atoms with Gasteiger partial charge < -0.3 is 20.4 Å². The van der Waals surface area contributed by atoms with Crippen LogP contribution >= 0.6 is 0 Å². The highest BCUT2D eigenvalue weighted by molar-refractivity contribution is 5.89. The fraction of sp³-hybridized carbons (Fsp3) is 0.333. The Bertz CT molecular complexity index is 1210. The predicted molar refractivity (Wildman–Crippen MR) is 103 cm³/mol. The normalized spacial score (nSPS) is 14.8. The number of halogens is 2. The fourth-order valence-electron chi connectivity index (χ4n) is 3.48. The molecule has 1 aliphatic rings. The molecule has 0 radical (unpaired) electrons. The van der Waals surface area contributed by atoms with Crippen LogP contribution in [0, 0.1) is 6.92 Å². The smallest absolute Gasteiger partial charge is 0.256 e. The number of aromatic nitrogens is 6. The molecule has 0 spiro atoms. The van der Waals surface area contributed by atoms with Gasteiger partial charge in [0.1, 0.15) is 16.9 Å². The number of alkyl halides is 2. The van der Waals surface area contributed by atoms with Crippen molar-refractivity contribution >= 4 is 28.4 Å². The van der Waals surface area contributed by atoms with Crippen molar-refractivity contribution in [2.45, 2.75) is 25.9 Å². The largest absolute Gasteiger partial charge is 0.377 e. The first-order chi connectivity index (χ1) is 14.0. The van der Waals surface area contributed by atoms with E-state index in [1.165, 1.54) is 4.57 Å². The third-order valence-corrected chi connectivity index (χ3v) is 4.89. The Balaban J connectivity index is 1.66. The van der Waals surface area contributed by atoms with Crippen molar-refractivity contribution in [3.8, 4) is 11.3 Å². The van der Waals surface area contributed by atoms with Crippen molar-refractivity contribution in [2.24, 2.45) is 0 Å². The summed E-state index contributed by atoms with van der Waals surface area (Å²) in [6.07, 6.45) is -0.734. The summed E-state index contributed by atoms with van der Waals surface area (Å²) >= 11 is 0. The molecule has 5 rings (SSSR count). The second-order valence-corrected chi connectivity index (χ2v) is 6.92. The van der Waals surface area contributed by atoms with E-state index in [4.69, 9.17) is 10.5 Å². The molecule has 11 heteroatoms. The molecular weight excluding hydrogens is 382 g/mol. The van der Waals surface area contributed by atoms with Crippen molar-refractivity contribution < 1.29 is 13.5 Å². The van der Waals surface area contributed by atoms with Crippen LogP contribution in [0.15, 0.2) is 24.4 Å². The van der Waals surface area contributed by atoms with Crippen LogP contribution in [0.5, 0.6) is 0 Å². The van der Waals surface area contributed by atoms with Crippen LogP contribution < -0.4 is 11.1 Å². The molecule has 0 aliphatic carbocycles. The second kappa shape index (κ2) is 6.62. The Kier molecular flexibility index (Phi) is 4.05. The standard InChI is InChI=1S/C18H18F2N8O/c1-9-22-13-3-2-12(24-17(13)27(9)6-14(19)20)11-4-5-28-15(11)16(25-18(21)26-28)23-10-7-29-8-10/h2-5,10,14H,6-8H2,1H3,(H3,21,23,25,26). The molecule has 4 aromatic heterocycles. The zero-order chi connectivity index (χ0) is 20.1. The molecule has 1 fully saturated rings. The summed E-state index contributed by atoms with van der Waals surface area (Å²) in [6, 6.07) is 5.58. The molecule has 0 atom stereocenters. The van der Waals surface area contributed by atoms with Gasteiger partial charge in [-0.25, -0.2) is 23.3 Å². The number of hydrogen-bond donors (Lipinski definition) is 2. The third kappa shape index (κ3) is 3.03. The average Bonchev–Trinajstić information content (AvgIpc) is 3.19. The molecule has 29 heavy (non-hydrogen) atoms. The molecule has 1 saturated heterocycles. The first kappa shape index (κ1) is 17.7. The van der Waals surface area contributed by atoms with Crippen LogP contribution in [0.1, 0.15) is 5.82 Å². The maximum absolute atomic E-state index is 13.0. The van der Waals surface area contributed by atoms with E-state index in [0.29, 0.717) is 47.2 Å². The lowest BCUT2D eigenvalue weighted by molar-refractivity contribution is 0.0210. The molecular formula is C18H18F2N8O. The topological polar surface area (TPSA) is 108 Å². The fourth-order valence-corrected chi connectivity index (χ4v) is 3.48. The van der Waals surface area contributed by atoms with Gasteiger partial charge in [-0.1, -0.05) is 0 Å². The lowest BCUT2D eigenvalue weighted by Gasteiger charge is -2.27. The lowest BCUT2D eigenvalue weighted by Crippen LogP contribution is -2.40. The van der Waals surface area contributed by atoms with Crippen molar-refractivity contribution in [1.29, 1.82) is 0 Å². The quantitative estimate of drug-likeness (QED) is 0.528. The Morgan fingerprint density at radius 2 is 2.07 bits per heavy atom. The Hall–Kier alpha value is -3.34. The molecule has 0 aromatic carbocycles. The van der Waals surface area contributed by atoms with Gasteiger partial charge in [0.15, 0.2) is 11.5 Å². The Morgan fingerprint density at radius 1 is 1.24 bits per heavy atom. The Morgan fingerprint density at radius 3 is 2.79 bits per heavy atom. The van der Waals surface area contributed by atoms with Crippen molar-refractivity contribution in [2.75, 3.05) is 24.3 Å². The van der Waals surface area contributed by atoms with Crippen molar-refractivity contribution in [3.63, 3.8) is 0 Å². The van der Waals surface area contributed by atoms with Crippen LogP contribution in [0.2, 0.25) is 0 Å². The summed E-state index contributed by atoms with van der Waals surface area (Å²) in [5.74, 6) is 1.21. The summed E-state index contributed by atoms with van der Waals surface area (Å²) in [7, 11) is 0. The van der Waals surface area contributed by atoms with Gasteiger partial charge in [0.2, 0.25) is 5.95 Å². The van der Waals surface area contributed by atoms with E-state index in [0.717, 1.165) is 5.56 Å². The first-order valence-corrected chi connectivity index (χ1v) is 9.11. The number of hydrogen-bond acceptors (Lipinski definition) is 7. The van der Waals surface area contributed by atoms with Gasteiger partial charge in [-0.05, 0) is 25.1 Å². The molecule has 0 amide bonds. The number of aryl methyl sites for hydroxylation is 1. The third-order valence-electron chi connectivity index (χ3n) is 4.89. The number of nitrogen functional groups attached to an aromatic ring is 1. The van der Waals surface area contributed by atoms with Crippen LogP contribution in [0.4, 0.5) is 20.5 Å². The van der Waals surface area contributed by atoms with Crippen LogP contribution in [0.3, 0.4) is 0 Å². The van der Waals surface area contributed by atoms with Gasteiger partial charge in [0, 0.05) is 11.8 Å². The number of nitrogens with zero attached hydrogens (tertiary/aromatic N) is 6. The molecule has 3 N–H and O–H groups in total. The van der Waals surface area contributed by atoms with Crippen molar-refractivity contribution in [1.82, 2.24) is 29.1 Å². The van der Waals surface area contributed by atoms with E-state index < -0.39 is 13.0 Å². The van der Waals surface area contributed by atoms with Crippen LogP contribution in [-0.2, 0) is 11.3 Å². The van der Waals surface area contributed by atoms with Crippen LogP contribution in [-0.4, -0.2) is 54.8 Å². The number of fused-ring (bicyclic) bond motifs is 2. The van der Waals surface area contributed by atoms with Gasteiger partial charge in [-0.3, -0.25) is 0 Å². The van der Waals surface area contributed by atoms with E-state index in [9.17, 15) is 8.78 Å². The van der Waals surface area contributed by atoms with Gasteiger partial charge in [-0.15, -0.1) is 5.10 Å². The zero-order valence-corrected chi connectivity index (χ0v) is 15.5. The van der Waals surface area contributed by atoms with E-state index in [2.05, 4.69) is 25.4 Å². The zero-order valence-electron chi connectivity index (χ0n) is 15.5. The first-order valence-electron chi connectivity index (χ1n) is 9.11. The van der Waals surface area contributed by atoms with Crippen LogP contribution in [0.25, 0.3) is 27.9 Å². The highest BCUT2D eigenvalue weighted by atomic mass is 19.3. The van der Waals surface area contributed by atoms with E-state index in [1.54, 1.807) is 23.7 Å². The average molecular weight is 400 g/mol. The summed E-state index contributed by atoms with van der Waals surface area (Å²) in [5, 5.41) is 7.54. The summed E-state index contributed by atoms with van der Waals surface area (Å²) in [4.78, 5) is 13.3. The van der Waals surface area contributed by atoms with E-state index in [1.807, 2.05) is 12.1 Å². The number of imidazole rings is 1. The van der Waals surface area contributed by atoms with Gasteiger partial charge in [0.25, 0.3) is 6.43 Å². The monoisotopic (exact) mass is 400 g/mol. The maximum atomic E-state index is 13.0. The minimum Gasteiger partial charge on any atom is -0.377 e. The number of pyridine rings is 1. The molecule has 9 nitrogen and oxygen atoms in total. The van der Waals surface area contributed by atoms with E-state index >= 15 is 0 Å². The second-order valence-electron chi connectivity index (χ2n) is 6.92. The number of ether oxygens (including phenoxy) is 1. The van der Waals surface area contributed by atoms with Gasteiger partial charge in [-0.2, -0.15) is 4.98 Å². The maximum Gasteiger partial charge on any atom is 0.256 e. The van der Waals surface area contributed by atoms with E-state index in [-0.39, 0.29) is 12.0 Å². The highest BCUT2D eigenvalue weighted by Crippen LogP contribution is 2.31. The number of nitrogens with one attached hydrogen (secondary N) is 1.